The average Bonchev–Trinajstić information content (AvgIpc) is 1.30. The molecule has 730 valence electrons. The van der Waals surface area contributed by atoms with E-state index in [-0.39, 0.29) is 285 Å². The molecular formula is C92H143N9O29. The molecule has 38 nitrogen and oxygen atoms in total. The average molecular weight is 1840 g/mol. The lowest BCUT2D eigenvalue weighted by Gasteiger charge is -2.23. The highest BCUT2D eigenvalue weighted by molar-refractivity contribution is 5.92. The number of carbonyl (C=O) groups excluding carboxylic acids is 11. The van der Waals surface area contributed by atoms with Crippen LogP contribution in [0.1, 0.15) is 239 Å². The van der Waals surface area contributed by atoms with Gasteiger partial charge < -0.3 is 105 Å². The van der Waals surface area contributed by atoms with Crippen molar-refractivity contribution in [3.05, 3.63) is 77.9 Å². The lowest BCUT2D eigenvalue weighted by atomic mass is 9.93. The summed E-state index contributed by atoms with van der Waals surface area (Å²) in [7, 11) is 0. The number of aliphatic carboxylic acids is 2. The number of carboxylic acids is 4. The van der Waals surface area contributed by atoms with Gasteiger partial charge in [-0.25, -0.2) is 14.6 Å². The number of aromatic carboxylic acids is 2. The predicted octanol–water partition coefficient (Wildman–Crippen LogP) is 7.19. The number of hydrogen-bond acceptors (Lipinski definition) is 28. The lowest BCUT2D eigenvalue weighted by molar-refractivity contribution is -0.144. The molecule has 5 atom stereocenters. The standard InChI is InChI=1S/C92H143N9O29/c1-68(102)81(32-14-16-38-95-86(110)65-128-55-51-124-47-41-98-87(111)66-127-54-48-121-42-22-28-74(103)36-34-71(91(117)118)56-75(104)26-12-8-4-2-6-10-18-44-129-78-30-20-24-69(58-78)89(113)114)101-88(112)82(99-62-83(107)80(93)60-73-61-94-67-100-73)33-15-17-39-96-85(109)64-126-53-49-122-43-23-29-77(106)63-125-52-50-123-46-40-97-84(108)37-35-72(92(119)120)57-76(105)27-13-9-5-3-7-11-19-45-130-79-31-21-25-70(59-79)90(115)116/h20-21,24-25,30-31,58-59,61,67,71-72,80-82,99H,2-19,22-23,26-29,32-57,60,62-66,93H2,1H3,(H,94,100)(H,95,110)(H,96,109)(H,97,108)(H,98,111)(H,101,112)(H,113,114)(H,115,116)(H,117,118)(H,119,120)/t71-,72+,80-,81+,82-/m0/s1. The largest absolute Gasteiger partial charge is 0.494 e. The van der Waals surface area contributed by atoms with Crippen LogP contribution >= 0.6 is 0 Å². The zero-order valence-electron chi connectivity index (χ0n) is 75.8. The minimum absolute atomic E-state index is 0.0268. The van der Waals surface area contributed by atoms with Crippen molar-refractivity contribution in [2.24, 2.45) is 17.6 Å². The summed E-state index contributed by atoms with van der Waals surface area (Å²) in [5.74, 6) is -8.19. The summed E-state index contributed by atoms with van der Waals surface area (Å²) in [6.07, 6.45) is 19.8. The molecule has 38 heteroatoms. The Labute approximate surface area is 761 Å². The molecule has 0 radical (unpaired) electrons. The number of benzene rings is 2. The number of imidazole rings is 1. The monoisotopic (exact) mass is 1840 g/mol. The lowest BCUT2D eigenvalue weighted by Crippen LogP contribution is -2.52. The van der Waals surface area contributed by atoms with Gasteiger partial charge >= 0.3 is 23.9 Å². The van der Waals surface area contributed by atoms with E-state index in [0.717, 1.165) is 77.0 Å². The van der Waals surface area contributed by atoms with Crippen LogP contribution in [-0.2, 0) is 107 Å². The van der Waals surface area contributed by atoms with Gasteiger partial charge in [0.25, 0.3) is 0 Å². The molecule has 13 N–H and O–H groups in total. The molecule has 0 spiro atoms. The number of hydrogen-bond donors (Lipinski definition) is 12. The SMILES string of the molecule is CC(=O)[C@@H](CCCCNC(=O)COCCOCCNC(=O)COCCOCCCC(=O)CC[C@@H](CC(=O)CCCCCCCCCOc1cccc(C(=O)O)c1)C(=O)O)NC(=O)[C@H](CCCCNC(=O)COCCOCCCC(=O)COCCOCCNC(=O)CC[C@H](CC(=O)CCCCCCCCCOc1cccc(C(=O)O)c1)C(=O)O)NCC(=O)[C@@H](N)Cc1cnc[nH]1. The second-order valence-electron chi connectivity index (χ2n) is 31.7. The summed E-state index contributed by atoms with van der Waals surface area (Å²) in [5.41, 5.74) is 7.19. The minimum Gasteiger partial charge on any atom is -0.494 e. The van der Waals surface area contributed by atoms with E-state index < -0.39 is 59.7 Å². The van der Waals surface area contributed by atoms with E-state index in [1.807, 2.05) is 0 Å². The molecule has 0 aliphatic heterocycles. The summed E-state index contributed by atoms with van der Waals surface area (Å²) in [4.78, 5) is 192. The number of carboxylic acid groups (broad SMARTS) is 4. The number of rotatable bonds is 89. The molecule has 0 saturated heterocycles. The Bertz CT molecular complexity index is 3760. The van der Waals surface area contributed by atoms with Crippen LogP contribution in [0, 0.1) is 11.8 Å². The number of Topliss-reactive ketones (excluding diaryl/α,β-unsaturated/α-hetero) is 6. The van der Waals surface area contributed by atoms with Gasteiger partial charge in [-0.05, 0) is 133 Å². The third-order valence-electron chi connectivity index (χ3n) is 20.7. The van der Waals surface area contributed by atoms with E-state index in [0.29, 0.717) is 88.2 Å². The van der Waals surface area contributed by atoms with Crippen molar-refractivity contribution >= 4 is 88.1 Å². The molecule has 5 amide bonds. The van der Waals surface area contributed by atoms with Gasteiger partial charge in [0.1, 0.15) is 55.3 Å². The van der Waals surface area contributed by atoms with Crippen LogP contribution in [0.3, 0.4) is 0 Å². The van der Waals surface area contributed by atoms with Gasteiger partial charge in [0.15, 0.2) is 17.3 Å². The number of aromatic amines is 1. The van der Waals surface area contributed by atoms with Crippen molar-refractivity contribution in [1.82, 2.24) is 41.9 Å². The second-order valence-corrected chi connectivity index (χ2v) is 31.7. The first kappa shape index (κ1) is 114. The van der Waals surface area contributed by atoms with Gasteiger partial charge in [0, 0.05) is 109 Å². The van der Waals surface area contributed by atoms with Crippen LogP contribution in [0.4, 0.5) is 0 Å². The molecular weight excluding hydrogens is 1700 g/mol. The zero-order chi connectivity index (χ0) is 94.8. The number of amides is 5. The number of nitrogens with two attached hydrogens (primary N) is 1. The second kappa shape index (κ2) is 74.7. The topological polar surface area (TPSA) is 556 Å². The fraction of sp³-hybridized carbons (Fsp3) is 0.674. The Morgan fingerprint density at radius 2 is 0.800 bits per heavy atom. The molecule has 3 aromatic rings. The summed E-state index contributed by atoms with van der Waals surface area (Å²) in [5, 5.41) is 54.3. The van der Waals surface area contributed by atoms with E-state index in [1.54, 1.807) is 30.5 Å². The number of nitrogens with zero attached hydrogens (tertiary/aromatic N) is 1. The Morgan fingerprint density at radius 3 is 1.25 bits per heavy atom. The fourth-order valence-corrected chi connectivity index (χ4v) is 13.2. The van der Waals surface area contributed by atoms with Crippen molar-refractivity contribution in [3.8, 4) is 11.5 Å². The molecule has 3 rings (SSSR count). The number of ether oxygens (including phenoxy) is 10. The first-order valence-corrected chi connectivity index (χ1v) is 45.7. The van der Waals surface area contributed by atoms with Crippen molar-refractivity contribution in [2.75, 3.05) is 152 Å². The third kappa shape index (κ3) is 61.6. The van der Waals surface area contributed by atoms with Crippen LogP contribution in [0.15, 0.2) is 61.1 Å². The zero-order valence-corrected chi connectivity index (χ0v) is 75.8. The van der Waals surface area contributed by atoms with Crippen LogP contribution in [-0.4, -0.2) is 288 Å². The number of H-pyrrole nitrogens is 1. The summed E-state index contributed by atoms with van der Waals surface area (Å²) >= 11 is 0. The van der Waals surface area contributed by atoms with E-state index in [1.165, 1.54) is 37.5 Å². The number of unbranched alkanes of at least 4 members (excludes halogenated alkanes) is 14. The van der Waals surface area contributed by atoms with Crippen LogP contribution in [0.2, 0.25) is 0 Å². The summed E-state index contributed by atoms with van der Waals surface area (Å²) in [6.45, 7) is 4.33. The Kier molecular flexibility index (Phi) is 65.7. The van der Waals surface area contributed by atoms with Gasteiger partial charge in [0.05, 0.1) is 133 Å². The van der Waals surface area contributed by atoms with Gasteiger partial charge in [-0.3, -0.25) is 67.6 Å². The van der Waals surface area contributed by atoms with Gasteiger partial charge in [0.2, 0.25) is 29.5 Å². The highest BCUT2D eigenvalue weighted by Gasteiger charge is 2.28. The Morgan fingerprint density at radius 1 is 0.392 bits per heavy atom. The Hall–Kier alpha value is -9.90. The highest BCUT2D eigenvalue weighted by Crippen LogP contribution is 2.21. The summed E-state index contributed by atoms with van der Waals surface area (Å²) < 4.78 is 54.9. The molecule has 0 aliphatic carbocycles. The van der Waals surface area contributed by atoms with Crippen molar-refractivity contribution in [1.29, 1.82) is 0 Å². The Balaban J connectivity index is 1.14. The number of carbonyl (C=O) groups is 15. The maximum atomic E-state index is 13.8. The molecule has 1 aromatic heterocycles. The van der Waals surface area contributed by atoms with E-state index in [2.05, 4.69) is 41.9 Å². The van der Waals surface area contributed by atoms with Crippen LogP contribution in [0.25, 0.3) is 0 Å². The maximum absolute atomic E-state index is 13.8. The highest BCUT2D eigenvalue weighted by atomic mass is 16.5. The summed E-state index contributed by atoms with van der Waals surface area (Å²) in [6, 6.07) is 10.1. The van der Waals surface area contributed by atoms with Crippen molar-refractivity contribution < 1.29 is 140 Å². The molecule has 0 unspecified atom stereocenters. The maximum Gasteiger partial charge on any atom is 0.335 e. The number of aromatic nitrogens is 2. The predicted molar refractivity (Wildman–Crippen MR) is 476 cm³/mol. The van der Waals surface area contributed by atoms with Gasteiger partial charge in [-0.1, -0.05) is 76.3 Å². The number of ketones is 6. The van der Waals surface area contributed by atoms with E-state index in [9.17, 15) is 82.1 Å². The smallest absolute Gasteiger partial charge is 0.335 e. The van der Waals surface area contributed by atoms with Gasteiger partial charge in [-0.2, -0.15) is 0 Å². The quantitative estimate of drug-likeness (QED) is 0.0249. The third-order valence-corrected chi connectivity index (χ3v) is 20.7. The normalized spacial score (nSPS) is 12.4. The molecule has 1 heterocycles. The fourth-order valence-electron chi connectivity index (χ4n) is 13.2. The molecule has 130 heavy (non-hydrogen) atoms. The molecule has 0 fully saturated rings. The van der Waals surface area contributed by atoms with Crippen molar-refractivity contribution in [3.63, 3.8) is 0 Å². The van der Waals surface area contributed by atoms with E-state index >= 15 is 0 Å². The molecule has 0 saturated carbocycles. The molecule has 0 aliphatic rings. The number of nitrogens with one attached hydrogen (secondary N) is 7. The van der Waals surface area contributed by atoms with Crippen LogP contribution < -0.4 is 47.1 Å². The first-order chi connectivity index (χ1) is 62.8. The first-order valence-electron chi connectivity index (χ1n) is 45.7. The van der Waals surface area contributed by atoms with Crippen molar-refractivity contribution in [2.45, 2.75) is 237 Å². The van der Waals surface area contributed by atoms with E-state index in [4.69, 9.17) is 63.3 Å². The minimum atomic E-state index is -1.12. The van der Waals surface area contributed by atoms with Crippen LogP contribution in [0.5, 0.6) is 11.5 Å². The molecule has 0 bridgehead atoms. The molecule has 2 aromatic carbocycles. The van der Waals surface area contributed by atoms with Gasteiger partial charge in [-0.15, -0.1) is 0 Å².